The summed E-state index contributed by atoms with van der Waals surface area (Å²) in [6.07, 6.45) is 2.39. The van der Waals surface area contributed by atoms with Crippen molar-refractivity contribution in [3.63, 3.8) is 0 Å². The maximum absolute atomic E-state index is 11.5. The van der Waals surface area contributed by atoms with Crippen LogP contribution < -0.4 is 10.9 Å². The molecule has 0 saturated carbocycles. The molecular weight excluding hydrogens is 190 g/mol. The van der Waals surface area contributed by atoms with Gasteiger partial charge in [-0.2, -0.15) is 5.10 Å². The zero-order chi connectivity index (χ0) is 10.7. The van der Waals surface area contributed by atoms with Crippen molar-refractivity contribution in [1.29, 1.82) is 0 Å². The number of aromatic nitrogens is 2. The third kappa shape index (κ3) is 2.65. The summed E-state index contributed by atoms with van der Waals surface area (Å²) in [6, 6.07) is 3.36. The summed E-state index contributed by atoms with van der Waals surface area (Å²) in [4.78, 5) is 11.5. The van der Waals surface area contributed by atoms with Crippen LogP contribution in [0, 0.1) is 12.8 Å². The predicted molar refractivity (Wildman–Crippen MR) is 58.8 cm³/mol. The molecule has 0 bridgehead atoms. The summed E-state index contributed by atoms with van der Waals surface area (Å²) < 4.78 is 1.59. The summed E-state index contributed by atoms with van der Waals surface area (Å²) in [7, 11) is 0. The topological polar surface area (TPSA) is 46.9 Å². The number of hydrogen-bond acceptors (Lipinski definition) is 3. The zero-order valence-corrected chi connectivity index (χ0v) is 9.07. The van der Waals surface area contributed by atoms with Crippen LogP contribution >= 0.6 is 0 Å². The first-order valence-electron chi connectivity index (χ1n) is 5.51. The van der Waals surface area contributed by atoms with Gasteiger partial charge in [0.1, 0.15) is 0 Å². The standard InChI is InChI=1S/C11H17N3O/c1-9-4-5-11(15)14(13-9)8-10-3-2-6-12-7-10/h4-5,10,12H,2-3,6-8H2,1H3. The van der Waals surface area contributed by atoms with Gasteiger partial charge in [0.05, 0.1) is 5.69 Å². The number of nitrogens with one attached hydrogen (secondary N) is 1. The average Bonchev–Trinajstić information content (AvgIpc) is 2.25. The minimum Gasteiger partial charge on any atom is -0.316 e. The first kappa shape index (κ1) is 10.4. The molecule has 0 radical (unpaired) electrons. The monoisotopic (exact) mass is 207 g/mol. The predicted octanol–water partition coefficient (Wildman–Crippen LogP) is 0.551. The van der Waals surface area contributed by atoms with Crippen molar-refractivity contribution in [3.05, 3.63) is 28.2 Å². The fraction of sp³-hybridized carbons (Fsp3) is 0.636. The van der Waals surface area contributed by atoms with Crippen LogP contribution in [0.2, 0.25) is 0 Å². The quantitative estimate of drug-likeness (QED) is 0.770. The van der Waals surface area contributed by atoms with Crippen LogP contribution in [0.15, 0.2) is 16.9 Å². The molecule has 0 aromatic carbocycles. The normalized spacial score (nSPS) is 21.5. The van der Waals surface area contributed by atoms with E-state index in [1.54, 1.807) is 16.8 Å². The first-order chi connectivity index (χ1) is 7.25. The van der Waals surface area contributed by atoms with Crippen LogP contribution in [0.25, 0.3) is 0 Å². The molecule has 2 heterocycles. The second-order valence-corrected chi connectivity index (χ2v) is 4.21. The van der Waals surface area contributed by atoms with E-state index in [0.717, 1.165) is 25.3 Å². The Bertz CT molecular complexity index is 380. The van der Waals surface area contributed by atoms with E-state index >= 15 is 0 Å². The van der Waals surface area contributed by atoms with Crippen LogP contribution in [-0.4, -0.2) is 22.9 Å². The maximum Gasteiger partial charge on any atom is 0.266 e. The summed E-state index contributed by atoms with van der Waals surface area (Å²) in [6.45, 7) is 4.76. The van der Waals surface area contributed by atoms with Gasteiger partial charge in [-0.25, -0.2) is 4.68 Å². The number of nitrogens with zero attached hydrogens (tertiary/aromatic N) is 2. The molecule has 1 aromatic rings. The van der Waals surface area contributed by atoms with E-state index in [-0.39, 0.29) is 5.56 Å². The molecule has 1 fully saturated rings. The molecular formula is C11H17N3O. The number of rotatable bonds is 2. The summed E-state index contributed by atoms with van der Waals surface area (Å²) >= 11 is 0. The molecule has 2 rings (SSSR count). The van der Waals surface area contributed by atoms with Crippen molar-refractivity contribution < 1.29 is 0 Å². The fourth-order valence-electron chi connectivity index (χ4n) is 2.01. The average molecular weight is 207 g/mol. The molecule has 1 aliphatic heterocycles. The lowest BCUT2D eigenvalue weighted by molar-refractivity contribution is 0.318. The Kier molecular flexibility index (Phi) is 3.16. The van der Waals surface area contributed by atoms with Gasteiger partial charge in [-0.15, -0.1) is 0 Å². The molecule has 82 valence electrons. The second kappa shape index (κ2) is 4.57. The van der Waals surface area contributed by atoms with Crippen molar-refractivity contribution in [2.24, 2.45) is 5.92 Å². The van der Waals surface area contributed by atoms with Gasteiger partial charge in [-0.05, 0) is 44.8 Å². The molecule has 1 saturated heterocycles. The molecule has 0 spiro atoms. The Balaban J connectivity index is 2.09. The number of piperidine rings is 1. The highest BCUT2D eigenvalue weighted by molar-refractivity contribution is 4.97. The summed E-state index contributed by atoms with van der Waals surface area (Å²) in [5.74, 6) is 0.547. The van der Waals surface area contributed by atoms with Gasteiger partial charge < -0.3 is 5.32 Å². The van der Waals surface area contributed by atoms with E-state index in [1.807, 2.05) is 6.92 Å². The Morgan fingerprint density at radius 3 is 3.20 bits per heavy atom. The van der Waals surface area contributed by atoms with E-state index in [0.29, 0.717) is 5.92 Å². The fourth-order valence-corrected chi connectivity index (χ4v) is 2.01. The van der Waals surface area contributed by atoms with Gasteiger partial charge in [-0.3, -0.25) is 4.79 Å². The van der Waals surface area contributed by atoms with Crippen LogP contribution in [-0.2, 0) is 6.54 Å². The molecule has 15 heavy (non-hydrogen) atoms. The third-order valence-electron chi connectivity index (χ3n) is 2.83. The molecule has 0 aliphatic carbocycles. The van der Waals surface area contributed by atoms with Gasteiger partial charge in [0.2, 0.25) is 0 Å². The lowest BCUT2D eigenvalue weighted by Gasteiger charge is -2.22. The number of aryl methyl sites for hydroxylation is 1. The molecule has 1 N–H and O–H groups in total. The molecule has 4 heteroatoms. The van der Waals surface area contributed by atoms with Gasteiger partial charge >= 0.3 is 0 Å². The molecule has 1 aliphatic rings. The van der Waals surface area contributed by atoms with E-state index in [2.05, 4.69) is 10.4 Å². The van der Waals surface area contributed by atoms with Crippen molar-refractivity contribution in [2.45, 2.75) is 26.3 Å². The zero-order valence-electron chi connectivity index (χ0n) is 9.07. The van der Waals surface area contributed by atoms with Crippen molar-refractivity contribution >= 4 is 0 Å². The molecule has 1 atom stereocenters. The van der Waals surface area contributed by atoms with Crippen molar-refractivity contribution in [2.75, 3.05) is 13.1 Å². The smallest absolute Gasteiger partial charge is 0.266 e. The highest BCUT2D eigenvalue weighted by Crippen LogP contribution is 2.10. The largest absolute Gasteiger partial charge is 0.316 e. The number of hydrogen-bond donors (Lipinski definition) is 1. The van der Waals surface area contributed by atoms with Crippen molar-refractivity contribution in [3.8, 4) is 0 Å². The van der Waals surface area contributed by atoms with Crippen LogP contribution in [0.1, 0.15) is 18.5 Å². The lowest BCUT2D eigenvalue weighted by Crippen LogP contribution is -2.35. The highest BCUT2D eigenvalue weighted by atomic mass is 16.1. The lowest BCUT2D eigenvalue weighted by atomic mass is 10.00. The van der Waals surface area contributed by atoms with E-state index in [9.17, 15) is 4.79 Å². The molecule has 0 amide bonds. The van der Waals surface area contributed by atoms with Gasteiger partial charge in [0.15, 0.2) is 0 Å². The minimum absolute atomic E-state index is 0.00572. The Morgan fingerprint density at radius 2 is 2.47 bits per heavy atom. The van der Waals surface area contributed by atoms with Crippen LogP contribution in [0.5, 0.6) is 0 Å². The Morgan fingerprint density at radius 1 is 1.60 bits per heavy atom. The van der Waals surface area contributed by atoms with Gasteiger partial charge in [-0.1, -0.05) is 0 Å². The highest BCUT2D eigenvalue weighted by Gasteiger charge is 2.14. The third-order valence-corrected chi connectivity index (χ3v) is 2.83. The van der Waals surface area contributed by atoms with Crippen LogP contribution in [0.3, 0.4) is 0 Å². The Labute approximate surface area is 89.3 Å². The van der Waals surface area contributed by atoms with Crippen LogP contribution in [0.4, 0.5) is 0 Å². The summed E-state index contributed by atoms with van der Waals surface area (Å²) in [5.41, 5.74) is 0.907. The molecule has 1 unspecified atom stereocenters. The maximum atomic E-state index is 11.5. The van der Waals surface area contributed by atoms with E-state index in [4.69, 9.17) is 0 Å². The van der Waals surface area contributed by atoms with E-state index < -0.39 is 0 Å². The van der Waals surface area contributed by atoms with E-state index in [1.165, 1.54) is 12.8 Å². The van der Waals surface area contributed by atoms with Gasteiger partial charge in [0.25, 0.3) is 5.56 Å². The van der Waals surface area contributed by atoms with Gasteiger partial charge in [0, 0.05) is 12.6 Å². The minimum atomic E-state index is 0.00572. The first-order valence-corrected chi connectivity index (χ1v) is 5.51. The molecule has 4 nitrogen and oxygen atoms in total. The Hall–Kier alpha value is -1.16. The second-order valence-electron chi connectivity index (χ2n) is 4.21. The molecule has 1 aromatic heterocycles. The summed E-state index contributed by atoms with van der Waals surface area (Å²) in [5, 5.41) is 7.59. The SMILES string of the molecule is Cc1ccc(=O)n(CC2CCCNC2)n1. The van der Waals surface area contributed by atoms with Crippen molar-refractivity contribution in [1.82, 2.24) is 15.1 Å².